The molecule has 1 aliphatic rings. The molecule has 2 aromatic rings. The predicted molar refractivity (Wildman–Crippen MR) is 106 cm³/mol. The summed E-state index contributed by atoms with van der Waals surface area (Å²) in [6.07, 6.45) is 3.85. The van der Waals surface area contributed by atoms with Gasteiger partial charge in [0.15, 0.2) is 0 Å². The summed E-state index contributed by atoms with van der Waals surface area (Å²) in [6.45, 7) is 5.93. The molecule has 1 fully saturated rings. The van der Waals surface area contributed by atoms with Crippen LogP contribution in [0.5, 0.6) is 0 Å². The molecular formula is C19H28N4O3S. The van der Waals surface area contributed by atoms with Crippen LogP contribution in [0.1, 0.15) is 45.1 Å². The predicted octanol–water partition coefficient (Wildman–Crippen LogP) is 3.34. The number of anilines is 1. The number of nitrogens with one attached hydrogen (secondary N) is 2. The van der Waals surface area contributed by atoms with Crippen LogP contribution in [0.2, 0.25) is 0 Å². The number of hydrogen-bond donors (Lipinski definition) is 2. The number of benzene rings is 1. The SMILES string of the molecule is Cc1ccccc1-c1noc(NC2CCC(CNS(=O)(=O)C(C)C)CC2)n1. The Hall–Kier alpha value is -1.93. The second kappa shape index (κ2) is 8.39. The molecule has 0 saturated heterocycles. The zero-order chi connectivity index (χ0) is 19.4. The van der Waals surface area contributed by atoms with Crippen LogP contribution in [0, 0.1) is 12.8 Å². The smallest absolute Gasteiger partial charge is 0.322 e. The molecule has 1 aromatic carbocycles. The highest BCUT2D eigenvalue weighted by Crippen LogP contribution is 2.27. The highest BCUT2D eigenvalue weighted by atomic mass is 32.2. The van der Waals surface area contributed by atoms with Gasteiger partial charge in [0.2, 0.25) is 15.8 Å². The lowest BCUT2D eigenvalue weighted by atomic mass is 9.86. The van der Waals surface area contributed by atoms with E-state index < -0.39 is 15.3 Å². The van der Waals surface area contributed by atoms with Crippen LogP contribution in [0.4, 0.5) is 6.01 Å². The van der Waals surface area contributed by atoms with E-state index in [9.17, 15) is 8.42 Å². The second-order valence-electron chi connectivity index (χ2n) is 7.54. The van der Waals surface area contributed by atoms with E-state index in [1.807, 2.05) is 31.2 Å². The lowest BCUT2D eigenvalue weighted by molar-refractivity contribution is 0.330. The van der Waals surface area contributed by atoms with Crippen LogP contribution in [0.25, 0.3) is 11.4 Å². The van der Waals surface area contributed by atoms with Gasteiger partial charge in [0.05, 0.1) is 5.25 Å². The molecule has 2 N–H and O–H groups in total. The number of nitrogens with zero attached hydrogens (tertiary/aromatic N) is 2. The maximum absolute atomic E-state index is 11.9. The molecule has 0 bridgehead atoms. The summed E-state index contributed by atoms with van der Waals surface area (Å²) in [5.74, 6) is 0.967. The highest BCUT2D eigenvalue weighted by Gasteiger charge is 2.24. The average Bonchev–Trinajstić information content (AvgIpc) is 3.09. The Labute approximate surface area is 161 Å². The Balaban J connectivity index is 1.49. The number of aryl methyl sites for hydroxylation is 1. The Morgan fingerprint density at radius 2 is 1.89 bits per heavy atom. The van der Waals surface area contributed by atoms with Crippen molar-refractivity contribution in [2.24, 2.45) is 5.92 Å². The van der Waals surface area contributed by atoms with Gasteiger partial charge in [-0.05, 0) is 57.9 Å². The second-order valence-corrected chi connectivity index (χ2v) is 9.86. The minimum absolute atomic E-state index is 0.271. The van der Waals surface area contributed by atoms with Crippen LogP contribution in [-0.4, -0.2) is 36.4 Å². The summed E-state index contributed by atoms with van der Waals surface area (Å²) < 4.78 is 31.8. The fourth-order valence-corrected chi connectivity index (χ4v) is 4.10. The molecule has 0 unspecified atom stereocenters. The van der Waals surface area contributed by atoms with Crippen LogP contribution in [0.3, 0.4) is 0 Å². The molecule has 148 valence electrons. The third kappa shape index (κ3) is 5.07. The first-order valence-corrected chi connectivity index (χ1v) is 11.0. The molecule has 0 radical (unpaired) electrons. The molecule has 0 spiro atoms. The van der Waals surface area contributed by atoms with Crippen molar-refractivity contribution < 1.29 is 12.9 Å². The van der Waals surface area contributed by atoms with Gasteiger partial charge in [-0.2, -0.15) is 4.98 Å². The van der Waals surface area contributed by atoms with E-state index in [-0.39, 0.29) is 6.04 Å². The molecule has 7 nitrogen and oxygen atoms in total. The molecule has 1 aromatic heterocycles. The lowest BCUT2D eigenvalue weighted by Gasteiger charge is -2.28. The van der Waals surface area contributed by atoms with Crippen molar-refractivity contribution in [1.82, 2.24) is 14.9 Å². The minimum Gasteiger partial charge on any atom is -0.335 e. The standard InChI is InChI=1S/C19H28N4O3S/c1-13(2)27(24,25)20-12-15-8-10-16(11-9-15)21-19-22-18(23-26-19)17-7-5-4-6-14(17)3/h4-7,13,15-16,20H,8-12H2,1-3H3,(H,21,22,23). The molecule has 1 saturated carbocycles. The van der Waals surface area contributed by atoms with E-state index in [4.69, 9.17) is 4.52 Å². The molecule has 1 heterocycles. The van der Waals surface area contributed by atoms with Crippen LogP contribution in [0.15, 0.2) is 28.8 Å². The van der Waals surface area contributed by atoms with E-state index in [1.54, 1.807) is 13.8 Å². The van der Waals surface area contributed by atoms with E-state index >= 15 is 0 Å². The van der Waals surface area contributed by atoms with Crippen molar-refractivity contribution in [1.29, 1.82) is 0 Å². The third-order valence-electron chi connectivity index (χ3n) is 5.18. The highest BCUT2D eigenvalue weighted by molar-refractivity contribution is 7.90. The van der Waals surface area contributed by atoms with Gasteiger partial charge in [-0.3, -0.25) is 0 Å². The fraction of sp³-hybridized carbons (Fsp3) is 0.579. The molecular weight excluding hydrogens is 364 g/mol. The third-order valence-corrected chi connectivity index (χ3v) is 6.99. The first-order chi connectivity index (χ1) is 12.8. The monoisotopic (exact) mass is 392 g/mol. The molecule has 0 atom stereocenters. The first kappa shape index (κ1) is 19.8. The van der Waals surface area contributed by atoms with Crippen molar-refractivity contribution in [3.63, 3.8) is 0 Å². The molecule has 0 aliphatic heterocycles. The van der Waals surface area contributed by atoms with Crippen molar-refractivity contribution in [3.05, 3.63) is 29.8 Å². The Morgan fingerprint density at radius 1 is 1.19 bits per heavy atom. The van der Waals surface area contributed by atoms with Gasteiger partial charge in [-0.1, -0.05) is 29.4 Å². The van der Waals surface area contributed by atoms with Crippen molar-refractivity contribution >= 4 is 16.0 Å². The zero-order valence-corrected chi connectivity index (χ0v) is 16.9. The molecule has 0 amide bonds. The Bertz CT molecular complexity index is 855. The van der Waals surface area contributed by atoms with Gasteiger partial charge in [0.1, 0.15) is 0 Å². The maximum atomic E-state index is 11.9. The lowest BCUT2D eigenvalue weighted by Crippen LogP contribution is -2.37. The summed E-state index contributed by atoms with van der Waals surface area (Å²) in [5, 5.41) is 7.00. The van der Waals surface area contributed by atoms with Gasteiger partial charge in [-0.25, -0.2) is 13.1 Å². The van der Waals surface area contributed by atoms with Crippen molar-refractivity contribution in [3.8, 4) is 11.4 Å². The summed E-state index contributed by atoms with van der Waals surface area (Å²) in [5.41, 5.74) is 2.07. The number of hydrogen-bond acceptors (Lipinski definition) is 6. The van der Waals surface area contributed by atoms with Crippen molar-refractivity contribution in [2.75, 3.05) is 11.9 Å². The van der Waals surface area contributed by atoms with Gasteiger partial charge < -0.3 is 9.84 Å². The van der Waals surface area contributed by atoms with Gasteiger partial charge >= 0.3 is 6.01 Å². The Morgan fingerprint density at radius 3 is 2.56 bits per heavy atom. The normalized spacial score (nSPS) is 20.7. The van der Waals surface area contributed by atoms with Crippen LogP contribution in [-0.2, 0) is 10.0 Å². The molecule has 1 aliphatic carbocycles. The van der Waals surface area contributed by atoms with Crippen LogP contribution < -0.4 is 10.0 Å². The average molecular weight is 393 g/mol. The van der Waals surface area contributed by atoms with Crippen molar-refractivity contribution in [2.45, 2.75) is 57.7 Å². The summed E-state index contributed by atoms with van der Waals surface area (Å²) in [6, 6.07) is 8.66. The maximum Gasteiger partial charge on any atom is 0.322 e. The van der Waals surface area contributed by atoms with Gasteiger partial charge in [0, 0.05) is 18.2 Å². The topological polar surface area (TPSA) is 97.1 Å². The van der Waals surface area contributed by atoms with E-state index in [2.05, 4.69) is 20.2 Å². The summed E-state index contributed by atoms with van der Waals surface area (Å²) in [7, 11) is -3.19. The van der Waals surface area contributed by atoms with E-state index in [0.717, 1.165) is 36.8 Å². The van der Waals surface area contributed by atoms with Crippen LogP contribution >= 0.6 is 0 Å². The summed E-state index contributed by atoms with van der Waals surface area (Å²) >= 11 is 0. The quantitative estimate of drug-likeness (QED) is 0.750. The summed E-state index contributed by atoms with van der Waals surface area (Å²) in [4.78, 5) is 4.46. The fourth-order valence-electron chi connectivity index (χ4n) is 3.30. The van der Waals surface area contributed by atoms with E-state index in [0.29, 0.717) is 24.3 Å². The number of rotatable bonds is 7. The van der Waals surface area contributed by atoms with Gasteiger partial charge in [0.25, 0.3) is 0 Å². The first-order valence-electron chi connectivity index (χ1n) is 9.50. The minimum atomic E-state index is -3.19. The Kier molecular flexibility index (Phi) is 6.16. The zero-order valence-electron chi connectivity index (χ0n) is 16.1. The molecule has 8 heteroatoms. The van der Waals surface area contributed by atoms with E-state index in [1.165, 1.54) is 0 Å². The number of sulfonamides is 1. The largest absolute Gasteiger partial charge is 0.335 e. The number of aromatic nitrogens is 2. The molecule has 27 heavy (non-hydrogen) atoms. The van der Waals surface area contributed by atoms with Gasteiger partial charge in [-0.15, -0.1) is 0 Å². The molecule has 3 rings (SSSR count).